The highest BCUT2D eigenvalue weighted by atomic mass is 16.5. The standard InChI is InChI=1S/C23H27NO4/c1-28-22(27)20-11-6-5-10-19(20)21(26)24-15-7-13-23(16-24,17-25)14-12-18-8-3-2-4-9-18/h2-6,8-11,25H,7,12-17H2,1H3/t23-/m0/s1. The summed E-state index contributed by atoms with van der Waals surface area (Å²) in [6.07, 6.45) is 3.40. The highest BCUT2D eigenvalue weighted by Gasteiger charge is 2.37. The average molecular weight is 381 g/mol. The monoisotopic (exact) mass is 381 g/mol. The van der Waals surface area contributed by atoms with Crippen molar-refractivity contribution in [2.45, 2.75) is 25.7 Å². The number of benzene rings is 2. The van der Waals surface area contributed by atoms with Gasteiger partial charge in [-0.05, 0) is 43.4 Å². The van der Waals surface area contributed by atoms with Gasteiger partial charge in [0.25, 0.3) is 5.91 Å². The van der Waals surface area contributed by atoms with E-state index in [2.05, 4.69) is 12.1 Å². The van der Waals surface area contributed by atoms with Gasteiger partial charge in [0.15, 0.2) is 0 Å². The van der Waals surface area contributed by atoms with E-state index in [0.29, 0.717) is 18.7 Å². The molecule has 1 aliphatic heterocycles. The van der Waals surface area contributed by atoms with Crippen LogP contribution < -0.4 is 0 Å². The minimum absolute atomic E-state index is 0.0439. The molecule has 1 heterocycles. The Hall–Kier alpha value is -2.66. The van der Waals surface area contributed by atoms with Gasteiger partial charge < -0.3 is 14.7 Å². The molecule has 1 atom stereocenters. The molecule has 2 aromatic carbocycles. The third-order valence-electron chi connectivity index (χ3n) is 5.63. The molecular weight excluding hydrogens is 354 g/mol. The van der Waals surface area contributed by atoms with Crippen molar-refractivity contribution in [3.63, 3.8) is 0 Å². The molecule has 0 aliphatic carbocycles. The second-order valence-corrected chi connectivity index (χ2v) is 7.51. The van der Waals surface area contributed by atoms with E-state index >= 15 is 0 Å². The lowest BCUT2D eigenvalue weighted by molar-refractivity contribution is 0.0225. The van der Waals surface area contributed by atoms with E-state index in [9.17, 15) is 14.7 Å². The quantitative estimate of drug-likeness (QED) is 0.780. The van der Waals surface area contributed by atoms with Crippen molar-refractivity contribution in [3.8, 4) is 0 Å². The normalized spacial score (nSPS) is 19.3. The molecule has 0 saturated carbocycles. The van der Waals surface area contributed by atoms with E-state index < -0.39 is 5.97 Å². The van der Waals surface area contributed by atoms with Crippen molar-refractivity contribution in [3.05, 3.63) is 71.3 Å². The Bertz CT molecular complexity index is 820. The summed E-state index contributed by atoms with van der Waals surface area (Å²) in [6, 6.07) is 16.9. The first-order valence-corrected chi connectivity index (χ1v) is 9.70. The number of esters is 1. The highest BCUT2D eigenvalue weighted by molar-refractivity contribution is 6.05. The molecule has 1 fully saturated rings. The lowest BCUT2D eigenvalue weighted by atomic mass is 9.76. The summed E-state index contributed by atoms with van der Waals surface area (Å²) in [5.74, 6) is -0.698. The van der Waals surface area contributed by atoms with E-state index in [4.69, 9.17) is 4.74 Å². The van der Waals surface area contributed by atoms with Crippen molar-refractivity contribution < 1.29 is 19.4 Å². The van der Waals surface area contributed by atoms with Gasteiger partial charge in [-0.25, -0.2) is 4.79 Å². The molecule has 0 spiro atoms. The third-order valence-corrected chi connectivity index (χ3v) is 5.63. The maximum absolute atomic E-state index is 13.2. The van der Waals surface area contributed by atoms with Crippen LogP contribution in [-0.2, 0) is 11.2 Å². The van der Waals surface area contributed by atoms with Crippen LogP contribution in [0, 0.1) is 5.41 Å². The molecule has 0 aromatic heterocycles. The number of aliphatic hydroxyl groups is 1. The Morgan fingerprint density at radius 1 is 1.07 bits per heavy atom. The maximum atomic E-state index is 13.2. The number of hydrogen-bond donors (Lipinski definition) is 1. The van der Waals surface area contributed by atoms with Crippen LogP contribution in [0.15, 0.2) is 54.6 Å². The number of aryl methyl sites for hydroxylation is 1. The van der Waals surface area contributed by atoms with E-state index in [1.807, 2.05) is 18.2 Å². The summed E-state index contributed by atoms with van der Waals surface area (Å²) in [6.45, 7) is 1.16. The number of nitrogens with zero attached hydrogens (tertiary/aromatic N) is 1. The van der Waals surface area contributed by atoms with Gasteiger partial charge in [-0.1, -0.05) is 42.5 Å². The fourth-order valence-electron chi connectivity index (χ4n) is 3.98. The number of rotatable bonds is 6. The van der Waals surface area contributed by atoms with Crippen LogP contribution in [0.2, 0.25) is 0 Å². The number of aliphatic hydroxyl groups excluding tert-OH is 1. The zero-order chi connectivity index (χ0) is 20.0. The molecule has 1 N–H and O–H groups in total. The lowest BCUT2D eigenvalue weighted by Gasteiger charge is -2.42. The third kappa shape index (κ3) is 4.42. The Kier molecular flexibility index (Phi) is 6.47. The summed E-state index contributed by atoms with van der Waals surface area (Å²) in [7, 11) is 1.31. The Morgan fingerprint density at radius 3 is 2.43 bits per heavy atom. The molecule has 1 amide bonds. The molecule has 148 valence electrons. The zero-order valence-electron chi connectivity index (χ0n) is 16.3. The molecule has 0 bridgehead atoms. The highest BCUT2D eigenvalue weighted by Crippen LogP contribution is 2.35. The molecular formula is C23H27NO4. The smallest absolute Gasteiger partial charge is 0.338 e. The van der Waals surface area contributed by atoms with Crippen LogP contribution in [0.4, 0.5) is 0 Å². The number of amides is 1. The van der Waals surface area contributed by atoms with Gasteiger partial charge in [0.05, 0.1) is 24.8 Å². The predicted molar refractivity (Wildman–Crippen MR) is 107 cm³/mol. The summed E-state index contributed by atoms with van der Waals surface area (Å²) < 4.78 is 4.81. The van der Waals surface area contributed by atoms with Crippen molar-refractivity contribution in [1.82, 2.24) is 4.90 Å². The number of hydrogen-bond acceptors (Lipinski definition) is 4. The first-order valence-electron chi connectivity index (χ1n) is 9.70. The number of ether oxygens (including phenoxy) is 1. The molecule has 1 aliphatic rings. The molecule has 2 aromatic rings. The Morgan fingerprint density at radius 2 is 1.75 bits per heavy atom. The first-order chi connectivity index (χ1) is 13.6. The largest absolute Gasteiger partial charge is 0.465 e. The van der Waals surface area contributed by atoms with E-state index in [-0.39, 0.29) is 23.5 Å². The summed E-state index contributed by atoms with van der Waals surface area (Å²) in [5.41, 5.74) is 1.55. The minimum atomic E-state index is -0.515. The van der Waals surface area contributed by atoms with Gasteiger partial charge in [-0.15, -0.1) is 0 Å². The maximum Gasteiger partial charge on any atom is 0.338 e. The van der Waals surface area contributed by atoms with Crippen LogP contribution in [0.3, 0.4) is 0 Å². The number of methoxy groups -OCH3 is 1. The SMILES string of the molecule is COC(=O)c1ccccc1C(=O)N1CCC[C@](CO)(CCc2ccccc2)C1. The van der Waals surface area contributed by atoms with E-state index in [0.717, 1.165) is 25.7 Å². The molecule has 0 unspecified atom stereocenters. The van der Waals surface area contributed by atoms with Gasteiger partial charge in [-0.3, -0.25) is 4.79 Å². The second kappa shape index (κ2) is 9.02. The number of carbonyl (C=O) groups is 2. The molecule has 0 radical (unpaired) electrons. The van der Waals surface area contributed by atoms with Crippen molar-refractivity contribution in [2.75, 3.05) is 26.8 Å². The summed E-state index contributed by atoms with van der Waals surface area (Å²) >= 11 is 0. The minimum Gasteiger partial charge on any atom is -0.465 e. The second-order valence-electron chi connectivity index (χ2n) is 7.51. The van der Waals surface area contributed by atoms with Gasteiger partial charge in [0.2, 0.25) is 0 Å². The first kappa shape index (κ1) is 20.1. The van der Waals surface area contributed by atoms with Gasteiger partial charge in [0, 0.05) is 18.5 Å². The Labute approximate surface area is 165 Å². The van der Waals surface area contributed by atoms with Crippen LogP contribution in [0.25, 0.3) is 0 Å². The van der Waals surface area contributed by atoms with Crippen molar-refractivity contribution in [1.29, 1.82) is 0 Å². The van der Waals surface area contributed by atoms with Crippen molar-refractivity contribution in [2.24, 2.45) is 5.41 Å². The van der Waals surface area contributed by atoms with Crippen LogP contribution in [-0.4, -0.2) is 48.7 Å². The molecule has 5 heteroatoms. The van der Waals surface area contributed by atoms with Crippen molar-refractivity contribution >= 4 is 11.9 Å². The fraction of sp³-hybridized carbons (Fsp3) is 0.391. The number of carbonyl (C=O) groups excluding carboxylic acids is 2. The number of piperidine rings is 1. The molecule has 1 saturated heterocycles. The van der Waals surface area contributed by atoms with Crippen LogP contribution in [0.1, 0.15) is 45.5 Å². The average Bonchev–Trinajstić information content (AvgIpc) is 2.77. The molecule has 5 nitrogen and oxygen atoms in total. The van der Waals surface area contributed by atoms with Crippen LogP contribution >= 0.6 is 0 Å². The van der Waals surface area contributed by atoms with Gasteiger partial charge in [-0.2, -0.15) is 0 Å². The van der Waals surface area contributed by atoms with Gasteiger partial charge >= 0.3 is 5.97 Å². The number of likely N-dealkylation sites (tertiary alicyclic amines) is 1. The van der Waals surface area contributed by atoms with E-state index in [1.165, 1.54) is 12.7 Å². The fourth-order valence-corrected chi connectivity index (χ4v) is 3.98. The molecule has 3 rings (SSSR count). The zero-order valence-corrected chi connectivity index (χ0v) is 16.3. The van der Waals surface area contributed by atoms with E-state index in [1.54, 1.807) is 29.2 Å². The van der Waals surface area contributed by atoms with Crippen LogP contribution in [0.5, 0.6) is 0 Å². The van der Waals surface area contributed by atoms with Gasteiger partial charge in [0.1, 0.15) is 0 Å². The Balaban J connectivity index is 1.76. The predicted octanol–water partition coefficient (Wildman–Crippen LogP) is 3.32. The lowest BCUT2D eigenvalue weighted by Crippen LogP contribution is -2.48. The summed E-state index contributed by atoms with van der Waals surface area (Å²) in [4.78, 5) is 27.0. The summed E-state index contributed by atoms with van der Waals surface area (Å²) in [5, 5.41) is 10.2. The topological polar surface area (TPSA) is 66.8 Å². The molecule has 28 heavy (non-hydrogen) atoms.